The molecule has 0 bridgehead atoms. The Morgan fingerprint density at radius 3 is 1.67 bits per heavy atom. The molecule has 0 aliphatic heterocycles. The van der Waals surface area contributed by atoms with E-state index >= 15 is 0 Å². The third-order valence-electron chi connectivity index (χ3n) is 8.89. The van der Waals surface area contributed by atoms with E-state index in [1.165, 1.54) is 7.11 Å². The van der Waals surface area contributed by atoms with E-state index < -0.39 is 13.1 Å². The number of nitrogens with zero attached hydrogens (tertiary/aromatic N) is 4. The van der Waals surface area contributed by atoms with Crippen LogP contribution >= 0.6 is 22.6 Å². The number of esters is 1. The number of aromatic carboxylic acids is 1. The van der Waals surface area contributed by atoms with Gasteiger partial charge in [-0.25, -0.2) is 19.0 Å². The first kappa shape index (κ1) is 43.6. The largest absolute Gasteiger partial charge is 0.489 e. The van der Waals surface area contributed by atoms with Crippen molar-refractivity contribution in [2.45, 2.75) is 13.2 Å². The molecule has 0 spiro atoms. The predicted octanol–water partition coefficient (Wildman–Crippen LogP) is 8.03. The van der Waals surface area contributed by atoms with E-state index in [-0.39, 0.29) is 11.5 Å². The van der Waals surface area contributed by atoms with Gasteiger partial charge in [0.15, 0.2) is 0 Å². The Morgan fingerprint density at radius 2 is 1.13 bits per heavy atom. The molecule has 0 amide bonds. The zero-order chi connectivity index (χ0) is 43.0. The molecule has 0 atom stereocenters. The van der Waals surface area contributed by atoms with Gasteiger partial charge in [0.2, 0.25) is 0 Å². The zero-order valence-corrected chi connectivity index (χ0v) is 35.0. The van der Waals surface area contributed by atoms with E-state index in [4.69, 9.17) is 24.6 Å². The molecule has 6 aromatic carbocycles. The highest BCUT2D eigenvalue weighted by molar-refractivity contribution is 14.1. The average molecular weight is 927 g/mol. The molecule has 0 unspecified atom stereocenters. The number of halogens is 1. The summed E-state index contributed by atoms with van der Waals surface area (Å²) in [4.78, 5) is 22.5. The number of hydrogen-bond donors (Lipinski definition) is 3. The molecule has 2 aromatic heterocycles. The lowest BCUT2D eigenvalue weighted by atomic mass is 9.80. The third-order valence-corrected chi connectivity index (χ3v) is 9.61. The minimum atomic E-state index is -1.44. The van der Waals surface area contributed by atoms with Crippen molar-refractivity contribution in [1.29, 1.82) is 0 Å². The number of carboxylic acids is 1. The highest BCUT2D eigenvalue weighted by Gasteiger charge is 2.11. The summed E-state index contributed by atoms with van der Waals surface area (Å²) in [6.07, 6.45) is 7.13. The van der Waals surface area contributed by atoms with Crippen LogP contribution in [0.5, 0.6) is 11.5 Å². The molecule has 8 aromatic rings. The lowest BCUT2D eigenvalue weighted by Crippen LogP contribution is -2.29. The summed E-state index contributed by atoms with van der Waals surface area (Å²) in [6.45, 7) is 0.737. The lowest BCUT2D eigenvalue weighted by Gasteiger charge is -2.09. The highest BCUT2D eigenvalue weighted by Crippen LogP contribution is 2.25. The maximum Gasteiger partial charge on any atom is 0.488 e. The van der Waals surface area contributed by atoms with Crippen LogP contribution in [-0.2, 0) is 18.0 Å². The SMILES string of the molecule is COC(=O)c1cccc(COc2ccc(I)cc2)c1.O=C(O)c1cccc(COc2ccc(-c3cccc(-n4cccn4)c3)cc2)c1.OB(O)c1cccc(-n2cccn2)c1. The van der Waals surface area contributed by atoms with Gasteiger partial charge in [-0.1, -0.05) is 60.7 Å². The molecule has 0 aliphatic carbocycles. The maximum atomic E-state index is 11.4. The van der Waals surface area contributed by atoms with E-state index in [1.54, 1.807) is 71.8 Å². The Hall–Kier alpha value is -7.01. The normalized spacial score (nSPS) is 10.3. The van der Waals surface area contributed by atoms with Gasteiger partial charge in [-0.15, -0.1) is 0 Å². The van der Waals surface area contributed by atoms with Gasteiger partial charge < -0.3 is 29.4 Å². The molecule has 0 fully saturated rings. The quantitative estimate of drug-likeness (QED) is 0.0623. The van der Waals surface area contributed by atoms with Crippen LogP contribution in [0.25, 0.3) is 22.5 Å². The molecule has 0 saturated heterocycles. The molecule has 0 saturated carbocycles. The van der Waals surface area contributed by atoms with Crippen molar-refractivity contribution in [3.63, 3.8) is 0 Å². The number of benzene rings is 6. The van der Waals surface area contributed by atoms with Crippen molar-refractivity contribution >= 4 is 47.1 Å². The number of carbonyl (C=O) groups excluding carboxylic acids is 1. The van der Waals surface area contributed by atoms with E-state index in [2.05, 4.69) is 49.7 Å². The Labute approximate surface area is 366 Å². The number of ether oxygens (including phenoxy) is 3. The smallest absolute Gasteiger partial charge is 0.488 e. The van der Waals surface area contributed by atoms with Crippen molar-refractivity contribution in [3.8, 4) is 34.0 Å². The van der Waals surface area contributed by atoms with Crippen LogP contribution < -0.4 is 14.9 Å². The summed E-state index contributed by atoms with van der Waals surface area (Å²) < 4.78 is 20.8. The fourth-order valence-electron chi connectivity index (χ4n) is 5.81. The molecule has 12 nitrogen and oxygen atoms in total. The molecule has 2 heterocycles. The molecule has 61 heavy (non-hydrogen) atoms. The lowest BCUT2D eigenvalue weighted by molar-refractivity contribution is 0.0599. The van der Waals surface area contributed by atoms with Gasteiger partial charge in [0.1, 0.15) is 24.7 Å². The fourth-order valence-corrected chi connectivity index (χ4v) is 6.17. The summed E-state index contributed by atoms with van der Waals surface area (Å²) in [5.74, 6) is 0.260. The van der Waals surface area contributed by atoms with Gasteiger partial charge in [0.05, 0.1) is 29.6 Å². The number of carbonyl (C=O) groups is 2. The number of hydrogen-bond acceptors (Lipinski definition) is 9. The van der Waals surface area contributed by atoms with Crippen LogP contribution in [-0.4, -0.2) is 60.9 Å². The Bertz CT molecular complexity index is 2620. The van der Waals surface area contributed by atoms with E-state index in [9.17, 15) is 9.59 Å². The van der Waals surface area contributed by atoms with E-state index in [0.717, 1.165) is 48.7 Å². The molecular formula is C47H40BIN4O8. The van der Waals surface area contributed by atoms with Gasteiger partial charge in [0.25, 0.3) is 0 Å². The second-order valence-electron chi connectivity index (χ2n) is 13.2. The third kappa shape index (κ3) is 13.0. The Morgan fingerprint density at radius 1 is 0.607 bits per heavy atom. The van der Waals surface area contributed by atoms with Crippen LogP contribution in [0.4, 0.5) is 0 Å². The monoisotopic (exact) mass is 926 g/mol. The summed E-state index contributed by atoms with van der Waals surface area (Å²) in [5, 5.41) is 35.3. The van der Waals surface area contributed by atoms with Gasteiger partial charge in [-0.05, 0) is 147 Å². The van der Waals surface area contributed by atoms with Crippen LogP contribution in [0, 0.1) is 3.57 Å². The van der Waals surface area contributed by atoms with Crippen LogP contribution in [0.2, 0.25) is 0 Å². The Balaban J connectivity index is 0.000000164. The molecule has 306 valence electrons. The summed E-state index contributed by atoms with van der Waals surface area (Å²) in [7, 11) is -0.0672. The minimum Gasteiger partial charge on any atom is -0.489 e. The van der Waals surface area contributed by atoms with Crippen molar-refractivity contribution in [3.05, 3.63) is 208 Å². The predicted molar refractivity (Wildman–Crippen MR) is 241 cm³/mol. The minimum absolute atomic E-state index is 0.258. The first-order valence-electron chi connectivity index (χ1n) is 18.8. The zero-order valence-electron chi connectivity index (χ0n) is 32.9. The molecule has 3 N–H and O–H groups in total. The topological polar surface area (TPSA) is 158 Å². The van der Waals surface area contributed by atoms with Gasteiger partial charge in [-0.3, -0.25) is 0 Å². The standard InChI is InChI=1S/C23H18N2O3.C15H13IO3.C9H9BN2O2/c26-23(27)20-6-1-4-17(14-20)16-28-22-10-8-18(9-11-22)19-5-2-7-21(15-19)25-13-3-12-24-25;1-18-15(17)12-4-2-3-11(9-12)10-19-14-7-5-13(16)6-8-14;13-10(14)8-3-1-4-9(7-8)12-6-2-5-11-12/h1-15H,16H2,(H,26,27);2-9H,10H2,1H3;1-7,13-14H. The van der Waals surface area contributed by atoms with E-state index in [0.29, 0.717) is 24.2 Å². The molecule has 0 radical (unpaired) electrons. The van der Waals surface area contributed by atoms with Crippen molar-refractivity contribution in [2.75, 3.05) is 7.11 Å². The molecular weight excluding hydrogens is 886 g/mol. The molecule has 0 aliphatic rings. The Kier molecular flexibility index (Phi) is 15.6. The van der Waals surface area contributed by atoms with Gasteiger partial charge >= 0.3 is 19.1 Å². The first-order valence-corrected chi connectivity index (χ1v) is 19.9. The highest BCUT2D eigenvalue weighted by atomic mass is 127. The second kappa shape index (κ2) is 21.8. The van der Waals surface area contributed by atoms with E-state index in [1.807, 2.05) is 108 Å². The van der Waals surface area contributed by atoms with Gasteiger partial charge in [-0.2, -0.15) is 10.2 Å². The molecule has 14 heteroatoms. The van der Waals surface area contributed by atoms with Crippen LogP contribution in [0.3, 0.4) is 0 Å². The first-order chi connectivity index (χ1) is 29.6. The summed E-state index contributed by atoms with van der Waals surface area (Å²) in [6, 6.07) is 48.4. The van der Waals surface area contributed by atoms with Crippen LogP contribution in [0.15, 0.2) is 183 Å². The summed E-state index contributed by atoms with van der Waals surface area (Å²) in [5.41, 5.74) is 6.97. The average Bonchev–Trinajstić information content (AvgIpc) is 4.06. The maximum absolute atomic E-state index is 11.4. The fraction of sp³-hybridized carbons (Fsp3) is 0.0638. The second-order valence-corrected chi connectivity index (χ2v) is 14.4. The molecule has 8 rings (SSSR count). The van der Waals surface area contributed by atoms with Crippen molar-refractivity contribution < 1.29 is 39.0 Å². The van der Waals surface area contributed by atoms with Crippen molar-refractivity contribution in [1.82, 2.24) is 19.6 Å². The number of aromatic nitrogens is 4. The van der Waals surface area contributed by atoms with Crippen LogP contribution in [0.1, 0.15) is 31.8 Å². The number of carboxylic acid groups (broad SMARTS) is 1. The summed E-state index contributed by atoms with van der Waals surface area (Å²) >= 11 is 2.25. The van der Waals surface area contributed by atoms with Gasteiger partial charge in [0, 0.05) is 28.4 Å². The van der Waals surface area contributed by atoms with Crippen molar-refractivity contribution in [2.24, 2.45) is 0 Å². The number of rotatable bonds is 12. The number of methoxy groups -OCH3 is 1.